The van der Waals surface area contributed by atoms with Gasteiger partial charge in [0.2, 0.25) is 5.75 Å². The molecule has 138 valence electrons. The number of benzene rings is 2. The van der Waals surface area contributed by atoms with E-state index >= 15 is 0 Å². The minimum Gasteiger partial charge on any atom is -0.493 e. The number of rotatable bonds is 4. The van der Waals surface area contributed by atoms with Gasteiger partial charge in [0.15, 0.2) is 11.5 Å². The van der Waals surface area contributed by atoms with Crippen molar-refractivity contribution in [3.05, 3.63) is 46.6 Å². The molecule has 2 heterocycles. The van der Waals surface area contributed by atoms with Crippen LogP contribution in [0.5, 0.6) is 17.2 Å². The van der Waals surface area contributed by atoms with E-state index in [2.05, 4.69) is 10.3 Å². The molecule has 1 amide bonds. The fraction of sp³-hybridized carbons (Fsp3) is 0.150. The summed E-state index contributed by atoms with van der Waals surface area (Å²) in [6.07, 6.45) is 1.76. The molecule has 0 aliphatic carbocycles. The number of carbonyl (C=O) groups is 1. The molecule has 0 fully saturated rings. The first-order chi connectivity index (χ1) is 13.1. The van der Waals surface area contributed by atoms with Crippen LogP contribution in [0.15, 0.2) is 30.3 Å². The van der Waals surface area contributed by atoms with E-state index < -0.39 is 0 Å². The molecule has 0 unspecified atom stereocenters. The van der Waals surface area contributed by atoms with Crippen molar-refractivity contribution < 1.29 is 19.0 Å². The summed E-state index contributed by atoms with van der Waals surface area (Å²) in [4.78, 5) is 15.8. The molecular weight excluding hydrogens is 368 g/mol. The van der Waals surface area contributed by atoms with Crippen LogP contribution < -0.4 is 19.5 Å². The number of aromatic nitrogens is 1. The van der Waals surface area contributed by atoms with Gasteiger partial charge in [-0.25, -0.2) is 0 Å². The van der Waals surface area contributed by atoms with E-state index in [0.29, 0.717) is 39.2 Å². The average molecular weight is 385 g/mol. The van der Waals surface area contributed by atoms with Gasteiger partial charge in [-0.3, -0.25) is 4.79 Å². The largest absolute Gasteiger partial charge is 0.493 e. The van der Waals surface area contributed by atoms with Gasteiger partial charge in [0.05, 0.1) is 38.2 Å². The van der Waals surface area contributed by atoms with Crippen LogP contribution in [-0.2, 0) is 4.79 Å². The summed E-state index contributed by atoms with van der Waals surface area (Å²) in [5, 5.41) is 4.24. The highest BCUT2D eigenvalue weighted by Crippen LogP contribution is 2.50. The number of para-hydroxylation sites is 1. The molecule has 2 N–H and O–H groups in total. The molecule has 0 atom stereocenters. The first-order valence-electron chi connectivity index (χ1n) is 8.21. The highest BCUT2D eigenvalue weighted by Gasteiger charge is 2.32. The monoisotopic (exact) mass is 384 g/mol. The minimum atomic E-state index is -0.250. The summed E-state index contributed by atoms with van der Waals surface area (Å²) in [6, 6.07) is 9.44. The van der Waals surface area contributed by atoms with E-state index in [-0.39, 0.29) is 5.91 Å². The van der Waals surface area contributed by atoms with Crippen molar-refractivity contribution in [3.63, 3.8) is 0 Å². The third-order valence-corrected chi connectivity index (χ3v) is 4.88. The minimum absolute atomic E-state index is 0.250. The van der Waals surface area contributed by atoms with Crippen LogP contribution in [0, 0.1) is 0 Å². The quantitative estimate of drug-likeness (QED) is 0.656. The predicted octanol–water partition coefficient (Wildman–Crippen LogP) is 4.34. The molecule has 7 heteroatoms. The van der Waals surface area contributed by atoms with Crippen molar-refractivity contribution in [3.8, 4) is 17.2 Å². The highest BCUT2D eigenvalue weighted by molar-refractivity contribution is 6.38. The van der Waals surface area contributed by atoms with E-state index in [4.69, 9.17) is 25.8 Å². The smallest absolute Gasteiger partial charge is 0.256 e. The Morgan fingerprint density at radius 1 is 1.04 bits per heavy atom. The highest BCUT2D eigenvalue weighted by atomic mass is 35.5. The molecule has 4 rings (SSSR count). The fourth-order valence-corrected chi connectivity index (χ4v) is 3.64. The van der Waals surface area contributed by atoms with E-state index in [1.54, 1.807) is 12.1 Å². The number of amides is 1. The molecular formula is C20H17ClN2O4. The summed E-state index contributed by atoms with van der Waals surface area (Å²) in [5.41, 5.74) is 3.28. The van der Waals surface area contributed by atoms with Crippen LogP contribution in [0.4, 0.5) is 5.69 Å². The van der Waals surface area contributed by atoms with E-state index in [9.17, 15) is 4.79 Å². The van der Waals surface area contributed by atoms with Crippen LogP contribution in [0.25, 0.3) is 22.6 Å². The zero-order valence-corrected chi connectivity index (χ0v) is 15.7. The standard InChI is InChI=1S/C20H17ClN2O4/c1-25-15-9-14-16(18(27-3)17(15)26-2)12(20(24)23-14)8-11-10-6-4-5-7-13(10)22-19(11)21/h4-9,22H,1-3H3,(H,23,24)/b12-8+. The predicted molar refractivity (Wildman–Crippen MR) is 106 cm³/mol. The second-order valence-electron chi connectivity index (χ2n) is 5.98. The molecule has 0 spiro atoms. The van der Waals surface area contributed by atoms with Crippen molar-refractivity contribution in [1.29, 1.82) is 0 Å². The Hall–Kier alpha value is -3.12. The van der Waals surface area contributed by atoms with Gasteiger partial charge < -0.3 is 24.5 Å². The molecule has 1 aromatic heterocycles. The van der Waals surface area contributed by atoms with Gasteiger partial charge in [0, 0.05) is 22.5 Å². The molecule has 27 heavy (non-hydrogen) atoms. The van der Waals surface area contributed by atoms with E-state index in [1.807, 2.05) is 24.3 Å². The number of nitrogens with one attached hydrogen (secondary N) is 2. The topological polar surface area (TPSA) is 72.6 Å². The number of aromatic amines is 1. The van der Waals surface area contributed by atoms with Gasteiger partial charge in [-0.15, -0.1) is 0 Å². The average Bonchev–Trinajstić information content (AvgIpc) is 3.16. The molecule has 0 bridgehead atoms. The summed E-state index contributed by atoms with van der Waals surface area (Å²) in [5.74, 6) is 1.07. The SMILES string of the molecule is COc1cc2c(c(OC)c1OC)/C(=C\c1c(Cl)[nH]c3ccccc13)C(=O)N2. The third-order valence-electron chi connectivity index (χ3n) is 4.58. The Kier molecular flexibility index (Phi) is 4.20. The number of hydrogen-bond acceptors (Lipinski definition) is 4. The van der Waals surface area contributed by atoms with Gasteiger partial charge in [-0.1, -0.05) is 29.8 Å². The zero-order chi connectivity index (χ0) is 19.1. The van der Waals surface area contributed by atoms with E-state index in [1.165, 1.54) is 21.3 Å². The molecule has 1 aliphatic rings. The number of ether oxygens (including phenoxy) is 3. The molecule has 0 saturated carbocycles. The molecule has 3 aromatic rings. The first-order valence-corrected chi connectivity index (χ1v) is 8.59. The van der Waals surface area contributed by atoms with Crippen LogP contribution in [0.2, 0.25) is 5.15 Å². The summed E-state index contributed by atoms with van der Waals surface area (Å²) in [7, 11) is 4.58. The Morgan fingerprint density at radius 2 is 1.78 bits per heavy atom. The van der Waals surface area contributed by atoms with Gasteiger partial charge >= 0.3 is 0 Å². The lowest BCUT2D eigenvalue weighted by atomic mass is 10.0. The maximum atomic E-state index is 12.7. The first kappa shape index (κ1) is 17.3. The molecule has 0 radical (unpaired) electrons. The molecule has 2 aromatic carbocycles. The number of fused-ring (bicyclic) bond motifs is 2. The van der Waals surface area contributed by atoms with Crippen LogP contribution in [0.1, 0.15) is 11.1 Å². The number of H-pyrrole nitrogens is 1. The second-order valence-corrected chi connectivity index (χ2v) is 6.36. The summed E-state index contributed by atoms with van der Waals surface area (Å²) >= 11 is 6.39. The van der Waals surface area contributed by atoms with Crippen molar-refractivity contribution in [2.24, 2.45) is 0 Å². The Labute approximate surface area is 160 Å². The zero-order valence-electron chi connectivity index (χ0n) is 15.0. The lowest BCUT2D eigenvalue weighted by Crippen LogP contribution is -2.03. The van der Waals surface area contributed by atoms with E-state index in [0.717, 1.165) is 16.5 Å². The Bertz CT molecular complexity index is 1100. The Morgan fingerprint density at radius 3 is 2.48 bits per heavy atom. The van der Waals surface area contributed by atoms with Crippen molar-refractivity contribution in [2.45, 2.75) is 0 Å². The van der Waals surface area contributed by atoms with Crippen molar-refractivity contribution in [1.82, 2.24) is 4.98 Å². The summed E-state index contributed by atoms with van der Waals surface area (Å²) < 4.78 is 16.4. The molecule has 6 nitrogen and oxygen atoms in total. The van der Waals surface area contributed by atoms with Gasteiger partial charge in [0.25, 0.3) is 5.91 Å². The maximum Gasteiger partial charge on any atom is 0.256 e. The molecule has 1 aliphatic heterocycles. The number of anilines is 1. The number of hydrogen-bond donors (Lipinski definition) is 2. The van der Waals surface area contributed by atoms with Gasteiger partial charge in [-0.2, -0.15) is 0 Å². The van der Waals surface area contributed by atoms with Gasteiger partial charge in [-0.05, 0) is 12.1 Å². The van der Waals surface area contributed by atoms with Crippen LogP contribution >= 0.6 is 11.6 Å². The lowest BCUT2D eigenvalue weighted by molar-refractivity contribution is -0.110. The number of carbonyl (C=O) groups excluding carboxylic acids is 1. The summed E-state index contributed by atoms with van der Waals surface area (Å²) in [6.45, 7) is 0. The normalized spacial score (nSPS) is 14.4. The van der Waals surface area contributed by atoms with Crippen molar-refractivity contribution >= 4 is 45.7 Å². The van der Waals surface area contributed by atoms with Crippen LogP contribution in [-0.4, -0.2) is 32.2 Å². The number of halogens is 1. The number of methoxy groups -OCH3 is 3. The Balaban J connectivity index is 1.98. The van der Waals surface area contributed by atoms with Crippen molar-refractivity contribution in [2.75, 3.05) is 26.6 Å². The third kappa shape index (κ3) is 2.61. The molecule has 0 saturated heterocycles. The lowest BCUT2D eigenvalue weighted by Gasteiger charge is -2.15. The maximum absolute atomic E-state index is 12.7. The fourth-order valence-electron chi connectivity index (χ4n) is 3.38. The second kappa shape index (κ2) is 6.55. The van der Waals surface area contributed by atoms with Crippen LogP contribution in [0.3, 0.4) is 0 Å². The van der Waals surface area contributed by atoms with Gasteiger partial charge in [0.1, 0.15) is 5.15 Å².